The van der Waals surface area contributed by atoms with Crippen molar-refractivity contribution >= 4 is 27.3 Å². The van der Waals surface area contributed by atoms with Gasteiger partial charge in [-0.25, -0.2) is 8.42 Å². The fourth-order valence-corrected chi connectivity index (χ4v) is 3.04. The Labute approximate surface area is 146 Å². The van der Waals surface area contributed by atoms with Gasteiger partial charge in [-0.05, 0) is 36.4 Å². The molecule has 0 radical (unpaired) electrons. The van der Waals surface area contributed by atoms with Crippen molar-refractivity contribution in [3.8, 4) is 11.8 Å². The van der Waals surface area contributed by atoms with Crippen molar-refractivity contribution in [3.63, 3.8) is 0 Å². The van der Waals surface area contributed by atoms with Crippen molar-refractivity contribution in [1.29, 1.82) is 5.26 Å². The quantitative estimate of drug-likeness (QED) is 0.850. The molecule has 0 aliphatic carbocycles. The van der Waals surface area contributed by atoms with E-state index in [0.29, 0.717) is 11.4 Å². The van der Waals surface area contributed by atoms with Crippen molar-refractivity contribution in [1.82, 2.24) is 0 Å². The van der Waals surface area contributed by atoms with Gasteiger partial charge >= 0.3 is 0 Å². The third-order valence-electron chi connectivity index (χ3n) is 3.35. The summed E-state index contributed by atoms with van der Waals surface area (Å²) >= 11 is 0. The van der Waals surface area contributed by atoms with E-state index in [2.05, 4.69) is 5.32 Å². The lowest BCUT2D eigenvalue weighted by atomic mass is 10.2. The van der Waals surface area contributed by atoms with Crippen LogP contribution in [0.2, 0.25) is 0 Å². The minimum absolute atomic E-state index is 0.164. The molecule has 0 unspecified atom stereocenters. The summed E-state index contributed by atoms with van der Waals surface area (Å²) in [4.78, 5) is 12.3. The molecule has 0 bridgehead atoms. The first-order valence-corrected chi connectivity index (χ1v) is 9.10. The van der Waals surface area contributed by atoms with Gasteiger partial charge in [-0.1, -0.05) is 12.1 Å². The first kappa shape index (κ1) is 18.3. The van der Waals surface area contributed by atoms with Crippen molar-refractivity contribution in [2.45, 2.75) is 0 Å². The molecule has 0 saturated carbocycles. The number of amides is 1. The Bertz CT molecular complexity index is 902. The van der Waals surface area contributed by atoms with Crippen molar-refractivity contribution in [3.05, 3.63) is 54.1 Å². The van der Waals surface area contributed by atoms with Gasteiger partial charge in [-0.3, -0.25) is 9.10 Å². The molecule has 0 aliphatic heterocycles. The molecule has 0 spiro atoms. The second-order valence-corrected chi connectivity index (χ2v) is 7.08. The van der Waals surface area contributed by atoms with Crippen LogP contribution in [-0.2, 0) is 14.8 Å². The number of sulfonamides is 1. The summed E-state index contributed by atoms with van der Waals surface area (Å²) < 4.78 is 30.1. The third kappa shape index (κ3) is 4.71. The standard InChI is InChI=1S/C17H17N3O4S/c1-24-15-9-7-14(8-10-15)19-17(21)12-20(25(2,22)23)16-6-4-3-5-13(16)11-18/h3-10H,12H2,1-2H3,(H,19,21). The predicted molar refractivity (Wildman–Crippen MR) is 95.0 cm³/mol. The average molecular weight is 359 g/mol. The van der Waals surface area contributed by atoms with E-state index in [1.807, 2.05) is 6.07 Å². The highest BCUT2D eigenvalue weighted by atomic mass is 32.2. The number of nitriles is 1. The monoisotopic (exact) mass is 359 g/mol. The summed E-state index contributed by atoms with van der Waals surface area (Å²) in [7, 11) is -2.22. The Kier molecular flexibility index (Phi) is 5.62. The highest BCUT2D eigenvalue weighted by Gasteiger charge is 2.23. The van der Waals surface area contributed by atoms with E-state index in [-0.39, 0.29) is 11.3 Å². The van der Waals surface area contributed by atoms with Gasteiger partial charge in [0, 0.05) is 5.69 Å². The van der Waals surface area contributed by atoms with Crippen LogP contribution >= 0.6 is 0 Å². The zero-order valence-corrected chi connectivity index (χ0v) is 14.6. The second-order valence-electron chi connectivity index (χ2n) is 5.18. The number of rotatable bonds is 6. The molecule has 0 saturated heterocycles. The molecule has 0 heterocycles. The smallest absolute Gasteiger partial charge is 0.245 e. The Morgan fingerprint density at radius 2 is 1.84 bits per heavy atom. The SMILES string of the molecule is COc1ccc(NC(=O)CN(c2ccccc2C#N)S(C)(=O)=O)cc1. The number of ether oxygens (including phenoxy) is 1. The number of carbonyl (C=O) groups excluding carboxylic acids is 1. The first-order chi connectivity index (χ1) is 11.8. The predicted octanol–water partition coefficient (Wildman–Crippen LogP) is 1.97. The van der Waals surface area contributed by atoms with Gasteiger partial charge < -0.3 is 10.1 Å². The summed E-state index contributed by atoms with van der Waals surface area (Å²) in [5.41, 5.74) is 0.843. The maximum atomic E-state index is 12.3. The van der Waals surface area contributed by atoms with Crippen LogP contribution in [0.4, 0.5) is 11.4 Å². The lowest BCUT2D eigenvalue weighted by Gasteiger charge is -2.22. The number of para-hydroxylation sites is 1. The number of nitrogens with one attached hydrogen (secondary N) is 1. The number of hydrogen-bond acceptors (Lipinski definition) is 5. The number of benzene rings is 2. The number of nitrogens with zero attached hydrogens (tertiary/aromatic N) is 2. The van der Waals surface area contributed by atoms with Gasteiger partial charge in [0.25, 0.3) is 0 Å². The number of hydrogen-bond donors (Lipinski definition) is 1. The van der Waals surface area contributed by atoms with Gasteiger partial charge in [0.1, 0.15) is 18.4 Å². The Morgan fingerprint density at radius 1 is 1.20 bits per heavy atom. The normalized spacial score (nSPS) is 10.6. The van der Waals surface area contributed by atoms with Crippen LogP contribution in [0.5, 0.6) is 5.75 Å². The molecule has 0 aliphatic rings. The highest BCUT2D eigenvalue weighted by Crippen LogP contribution is 2.22. The summed E-state index contributed by atoms with van der Waals surface area (Å²) in [6.45, 7) is -0.441. The van der Waals surface area contributed by atoms with Crippen LogP contribution in [0.15, 0.2) is 48.5 Å². The molecule has 0 atom stereocenters. The average Bonchev–Trinajstić information content (AvgIpc) is 2.59. The summed E-state index contributed by atoms with van der Waals surface area (Å²) in [6.07, 6.45) is 0.988. The molecule has 0 aromatic heterocycles. The van der Waals surface area contributed by atoms with E-state index < -0.39 is 22.5 Å². The van der Waals surface area contributed by atoms with Gasteiger partial charge in [-0.15, -0.1) is 0 Å². The van der Waals surface area contributed by atoms with Crippen molar-refractivity contribution < 1.29 is 17.9 Å². The molecular weight excluding hydrogens is 342 g/mol. The fraction of sp³-hybridized carbons (Fsp3) is 0.176. The lowest BCUT2D eigenvalue weighted by Crippen LogP contribution is -2.37. The second kappa shape index (κ2) is 7.68. The van der Waals surface area contributed by atoms with E-state index >= 15 is 0 Å². The molecule has 130 valence electrons. The molecular formula is C17H17N3O4S. The Balaban J connectivity index is 2.22. The molecule has 2 rings (SSSR count). The molecule has 1 amide bonds. The van der Waals surface area contributed by atoms with Crippen LogP contribution in [0.25, 0.3) is 0 Å². The number of anilines is 2. The van der Waals surface area contributed by atoms with Crippen LogP contribution in [0.3, 0.4) is 0 Å². The molecule has 1 N–H and O–H groups in total. The minimum atomic E-state index is -3.75. The maximum absolute atomic E-state index is 12.3. The fourth-order valence-electron chi connectivity index (χ4n) is 2.17. The number of carbonyl (C=O) groups is 1. The molecule has 0 fully saturated rings. The van der Waals surface area contributed by atoms with E-state index in [4.69, 9.17) is 10.00 Å². The van der Waals surface area contributed by atoms with E-state index in [9.17, 15) is 13.2 Å². The lowest BCUT2D eigenvalue weighted by molar-refractivity contribution is -0.114. The Morgan fingerprint density at radius 3 is 2.40 bits per heavy atom. The van der Waals surface area contributed by atoms with Gasteiger partial charge in [0.05, 0.1) is 24.6 Å². The zero-order valence-electron chi connectivity index (χ0n) is 13.8. The largest absolute Gasteiger partial charge is 0.497 e. The zero-order chi connectivity index (χ0) is 18.4. The van der Waals surface area contributed by atoms with Crippen LogP contribution in [0, 0.1) is 11.3 Å². The summed E-state index contributed by atoms with van der Waals surface area (Å²) in [6, 6.07) is 14.8. The maximum Gasteiger partial charge on any atom is 0.245 e. The topological polar surface area (TPSA) is 99.5 Å². The summed E-state index contributed by atoms with van der Waals surface area (Å²) in [5.74, 6) is 0.113. The van der Waals surface area contributed by atoms with Crippen LogP contribution in [-0.4, -0.2) is 34.2 Å². The van der Waals surface area contributed by atoms with E-state index in [0.717, 1.165) is 10.6 Å². The molecule has 25 heavy (non-hydrogen) atoms. The van der Waals surface area contributed by atoms with Crippen molar-refractivity contribution in [2.24, 2.45) is 0 Å². The van der Waals surface area contributed by atoms with Gasteiger partial charge in [0.15, 0.2) is 0 Å². The highest BCUT2D eigenvalue weighted by molar-refractivity contribution is 7.92. The molecule has 8 heteroatoms. The molecule has 2 aromatic rings. The van der Waals surface area contributed by atoms with Crippen LogP contribution in [0.1, 0.15) is 5.56 Å². The van der Waals surface area contributed by atoms with Crippen LogP contribution < -0.4 is 14.4 Å². The third-order valence-corrected chi connectivity index (χ3v) is 4.48. The minimum Gasteiger partial charge on any atom is -0.497 e. The van der Waals surface area contributed by atoms with Gasteiger partial charge in [-0.2, -0.15) is 5.26 Å². The van der Waals surface area contributed by atoms with Crippen molar-refractivity contribution in [2.75, 3.05) is 29.5 Å². The van der Waals surface area contributed by atoms with Gasteiger partial charge in [0.2, 0.25) is 15.9 Å². The molecule has 2 aromatic carbocycles. The Hall–Kier alpha value is -3.05. The summed E-state index contributed by atoms with van der Waals surface area (Å²) in [5, 5.41) is 11.8. The number of methoxy groups -OCH3 is 1. The van der Waals surface area contributed by atoms with E-state index in [1.165, 1.54) is 19.2 Å². The molecule has 7 nitrogen and oxygen atoms in total. The first-order valence-electron chi connectivity index (χ1n) is 7.26. The van der Waals surface area contributed by atoms with E-state index in [1.54, 1.807) is 36.4 Å².